The second-order valence-electron chi connectivity index (χ2n) is 7.29. The molecular formula is C23H26N4O2S. The number of aromatic nitrogens is 3. The van der Waals surface area contributed by atoms with Crippen molar-refractivity contribution in [3.8, 4) is 17.1 Å². The number of hydrogen-bond acceptors (Lipinski definition) is 5. The molecule has 1 aliphatic heterocycles. The van der Waals surface area contributed by atoms with Gasteiger partial charge in [-0.2, -0.15) is 0 Å². The van der Waals surface area contributed by atoms with E-state index >= 15 is 0 Å². The third-order valence-corrected chi connectivity index (χ3v) is 6.51. The molecule has 2 heterocycles. The topological polar surface area (TPSA) is 69.0 Å². The van der Waals surface area contributed by atoms with Crippen LogP contribution in [-0.2, 0) is 17.8 Å². The van der Waals surface area contributed by atoms with E-state index in [-0.39, 0.29) is 11.2 Å². The van der Waals surface area contributed by atoms with Gasteiger partial charge in [0.25, 0.3) is 0 Å². The molecule has 1 unspecified atom stereocenters. The van der Waals surface area contributed by atoms with Crippen LogP contribution in [0.25, 0.3) is 11.4 Å². The average Bonchev–Trinajstić information content (AvgIpc) is 3.07. The molecular weight excluding hydrogens is 396 g/mol. The molecule has 0 bridgehead atoms. The maximum Gasteiger partial charge on any atom is 0.233 e. The predicted molar refractivity (Wildman–Crippen MR) is 119 cm³/mol. The largest absolute Gasteiger partial charge is 0.496 e. The number of benzene rings is 2. The number of aryl methyl sites for hydroxylation is 1. The van der Waals surface area contributed by atoms with Crippen molar-refractivity contribution in [1.82, 2.24) is 20.1 Å². The van der Waals surface area contributed by atoms with Crippen molar-refractivity contribution in [1.29, 1.82) is 0 Å². The van der Waals surface area contributed by atoms with E-state index in [1.165, 1.54) is 17.3 Å². The van der Waals surface area contributed by atoms with Crippen molar-refractivity contribution >= 4 is 17.7 Å². The van der Waals surface area contributed by atoms with Crippen LogP contribution in [0.2, 0.25) is 0 Å². The summed E-state index contributed by atoms with van der Waals surface area (Å²) in [5.41, 5.74) is 2.15. The van der Waals surface area contributed by atoms with Crippen LogP contribution in [-0.4, -0.2) is 39.6 Å². The van der Waals surface area contributed by atoms with Crippen LogP contribution in [0.4, 0.5) is 0 Å². The SMILES string of the molecule is COc1ccccc1-c1nnc(SC2CCCCNC2=O)n1CCc1ccccc1. The highest BCUT2D eigenvalue weighted by atomic mass is 32.2. The fourth-order valence-electron chi connectivity index (χ4n) is 3.64. The van der Waals surface area contributed by atoms with Crippen molar-refractivity contribution in [2.45, 2.75) is 42.6 Å². The molecule has 1 amide bonds. The number of hydrogen-bond donors (Lipinski definition) is 1. The van der Waals surface area contributed by atoms with Gasteiger partial charge in [0.05, 0.1) is 17.9 Å². The van der Waals surface area contributed by atoms with Crippen LogP contribution < -0.4 is 10.1 Å². The van der Waals surface area contributed by atoms with Crippen LogP contribution >= 0.6 is 11.8 Å². The van der Waals surface area contributed by atoms with Crippen molar-refractivity contribution < 1.29 is 9.53 Å². The smallest absolute Gasteiger partial charge is 0.233 e. The Bertz CT molecular complexity index is 990. The molecule has 0 radical (unpaired) electrons. The van der Waals surface area contributed by atoms with Crippen LogP contribution in [0.5, 0.6) is 5.75 Å². The number of thioether (sulfide) groups is 1. The zero-order valence-electron chi connectivity index (χ0n) is 17.1. The van der Waals surface area contributed by atoms with Crippen LogP contribution in [0.3, 0.4) is 0 Å². The lowest BCUT2D eigenvalue weighted by atomic mass is 10.1. The first-order chi connectivity index (χ1) is 14.8. The van der Waals surface area contributed by atoms with E-state index in [1.807, 2.05) is 42.5 Å². The highest BCUT2D eigenvalue weighted by molar-refractivity contribution is 8.00. The molecule has 1 aromatic heterocycles. The molecule has 0 spiro atoms. The number of rotatable bonds is 7. The van der Waals surface area contributed by atoms with Gasteiger partial charge >= 0.3 is 0 Å². The fraction of sp³-hybridized carbons (Fsp3) is 0.348. The summed E-state index contributed by atoms with van der Waals surface area (Å²) in [6, 6.07) is 18.2. The highest BCUT2D eigenvalue weighted by Gasteiger charge is 2.26. The summed E-state index contributed by atoms with van der Waals surface area (Å²) < 4.78 is 7.68. The van der Waals surface area contributed by atoms with Crippen molar-refractivity contribution in [2.75, 3.05) is 13.7 Å². The summed E-state index contributed by atoms with van der Waals surface area (Å²) in [7, 11) is 1.66. The van der Waals surface area contributed by atoms with Gasteiger partial charge in [0.2, 0.25) is 5.91 Å². The Labute approximate surface area is 181 Å². The zero-order chi connectivity index (χ0) is 20.8. The molecule has 1 atom stereocenters. The maximum absolute atomic E-state index is 12.5. The summed E-state index contributed by atoms with van der Waals surface area (Å²) in [4.78, 5) is 12.5. The van der Waals surface area contributed by atoms with Gasteiger partial charge in [-0.15, -0.1) is 10.2 Å². The summed E-state index contributed by atoms with van der Waals surface area (Å²) >= 11 is 1.51. The van der Waals surface area contributed by atoms with Crippen molar-refractivity contribution in [2.24, 2.45) is 0 Å². The Hall–Kier alpha value is -2.80. The maximum atomic E-state index is 12.5. The van der Waals surface area contributed by atoms with Crippen molar-refractivity contribution in [3.05, 3.63) is 60.2 Å². The van der Waals surface area contributed by atoms with Crippen LogP contribution in [0, 0.1) is 0 Å². The minimum atomic E-state index is -0.141. The predicted octanol–water partition coefficient (Wildman–Crippen LogP) is 3.96. The van der Waals surface area contributed by atoms with E-state index in [1.54, 1.807) is 7.11 Å². The highest BCUT2D eigenvalue weighted by Crippen LogP contribution is 2.33. The van der Waals surface area contributed by atoms with E-state index in [2.05, 4.69) is 32.2 Å². The standard InChI is InChI=1S/C23H26N4O2S/c1-29-19-12-6-5-11-18(19)21-25-26-23(30-20-13-7-8-15-24-22(20)28)27(21)16-14-17-9-3-2-4-10-17/h2-6,9-12,20H,7-8,13-16H2,1H3,(H,24,28). The molecule has 2 aromatic carbocycles. The minimum Gasteiger partial charge on any atom is -0.496 e. The van der Waals surface area contributed by atoms with E-state index in [9.17, 15) is 4.79 Å². The molecule has 3 aromatic rings. The molecule has 1 N–H and O–H groups in total. The normalized spacial score (nSPS) is 16.7. The third kappa shape index (κ3) is 4.67. The van der Waals surface area contributed by atoms with E-state index in [0.29, 0.717) is 0 Å². The van der Waals surface area contributed by atoms with Gasteiger partial charge in [0.15, 0.2) is 11.0 Å². The number of amides is 1. The number of ether oxygens (including phenoxy) is 1. The Morgan fingerprint density at radius 1 is 1.10 bits per heavy atom. The zero-order valence-corrected chi connectivity index (χ0v) is 17.9. The Morgan fingerprint density at radius 3 is 2.73 bits per heavy atom. The molecule has 1 fully saturated rings. The lowest BCUT2D eigenvalue weighted by molar-refractivity contribution is -0.120. The number of para-hydroxylation sites is 1. The van der Waals surface area contributed by atoms with E-state index in [4.69, 9.17) is 4.74 Å². The molecule has 156 valence electrons. The number of carbonyl (C=O) groups is 1. The first-order valence-electron chi connectivity index (χ1n) is 10.3. The Kier molecular flexibility index (Phi) is 6.69. The fourth-order valence-corrected chi connectivity index (χ4v) is 4.76. The van der Waals surface area contributed by atoms with E-state index < -0.39 is 0 Å². The second kappa shape index (κ2) is 9.80. The number of nitrogens with one attached hydrogen (secondary N) is 1. The summed E-state index contributed by atoms with van der Waals surface area (Å²) in [5, 5.41) is 12.6. The lowest BCUT2D eigenvalue weighted by Crippen LogP contribution is -2.30. The van der Waals surface area contributed by atoms with Gasteiger partial charge in [-0.25, -0.2) is 0 Å². The molecule has 6 nitrogen and oxygen atoms in total. The van der Waals surface area contributed by atoms with Gasteiger partial charge < -0.3 is 14.6 Å². The van der Waals surface area contributed by atoms with Gasteiger partial charge in [0.1, 0.15) is 5.75 Å². The Balaban J connectivity index is 1.66. The monoisotopic (exact) mass is 422 g/mol. The average molecular weight is 423 g/mol. The molecule has 0 aliphatic carbocycles. The third-order valence-electron chi connectivity index (χ3n) is 5.26. The van der Waals surface area contributed by atoms with Crippen LogP contribution in [0.1, 0.15) is 24.8 Å². The van der Waals surface area contributed by atoms with Gasteiger partial charge in [-0.3, -0.25) is 4.79 Å². The van der Waals surface area contributed by atoms with Crippen molar-refractivity contribution in [3.63, 3.8) is 0 Å². The molecule has 0 saturated carbocycles. The molecule has 1 saturated heterocycles. The summed E-state index contributed by atoms with van der Waals surface area (Å²) in [6.45, 7) is 1.48. The summed E-state index contributed by atoms with van der Waals surface area (Å²) in [5.74, 6) is 1.61. The lowest BCUT2D eigenvalue weighted by Gasteiger charge is -2.15. The number of carbonyl (C=O) groups excluding carboxylic acids is 1. The van der Waals surface area contributed by atoms with E-state index in [0.717, 1.165) is 61.1 Å². The van der Waals surface area contributed by atoms with Crippen LogP contribution in [0.15, 0.2) is 59.8 Å². The van der Waals surface area contributed by atoms with Gasteiger partial charge in [0, 0.05) is 13.1 Å². The summed E-state index contributed by atoms with van der Waals surface area (Å²) in [6.07, 6.45) is 3.77. The van der Waals surface area contributed by atoms with Gasteiger partial charge in [-0.1, -0.05) is 60.6 Å². The number of methoxy groups -OCH3 is 1. The first-order valence-corrected chi connectivity index (χ1v) is 11.2. The quantitative estimate of drug-likeness (QED) is 0.624. The Morgan fingerprint density at radius 2 is 1.90 bits per heavy atom. The van der Waals surface area contributed by atoms with Gasteiger partial charge in [-0.05, 0) is 37.0 Å². The second-order valence-corrected chi connectivity index (χ2v) is 8.46. The molecule has 30 heavy (non-hydrogen) atoms. The first kappa shape index (κ1) is 20.5. The minimum absolute atomic E-state index is 0.0916. The number of nitrogens with zero attached hydrogens (tertiary/aromatic N) is 3. The molecule has 4 rings (SSSR count). The molecule has 7 heteroatoms. The molecule has 1 aliphatic rings.